The molecule has 0 aromatic rings. The summed E-state index contributed by atoms with van der Waals surface area (Å²) in [4.78, 5) is 2.22. The topological polar surface area (TPSA) is 75.4 Å². The highest BCUT2D eigenvalue weighted by Crippen LogP contribution is 2.28. The summed E-state index contributed by atoms with van der Waals surface area (Å²) in [7, 11) is -1.13. The van der Waals surface area contributed by atoms with E-state index < -0.39 is 15.6 Å². The molecule has 0 unspecified atom stereocenters. The first kappa shape index (κ1) is 14.2. The molecule has 1 aliphatic heterocycles. The Bertz CT molecular complexity index is 369. The van der Waals surface area contributed by atoms with Crippen LogP contribution in [0.3, 0.4) is 0 Å². The molecule has 2 fully saturated rings. The van der Waals surface area contributed by atoms with Gasteiger partial charge < -0.3 is 10.6 Å². The van der Waals surface area contributed by atoms with Gasteiger partial charge in [0.05, 0.1) is 5.25 Å². The van der Waals surface area contributed by atoms with Crippen LogP contribution < -0.4 is 10.5 Å². The number of sulfonamides is 1. The molecule has 0 bridgehead atoms. The minimum Gasteiger partial charge on any atom is -0.329 e. The van der Waals surface area contributed by atoms with Crippen molar-refractivity contribution in [1.29, 1.82) is 0 Å². The highest BCUT2D eigenvalue weighted by molar-refractivity contribution is 7.90. The normalized spacial score (nSPS) is 26.6. The van der Waals surface area contributed by atoms with Gasteiger partial charge in [-0.05, 0) is 45.8 Å². The van der Waals surface area contributed by atoms with Gasteiger partial charge in [-0.1, -0.05) is 12.8 Å². The van der Waals surface area contributed by atoms with E-state index in [2.05, 4.69) is 16.7 Å². The van der Waals surface area contributed by atoms with Crippen LogP contribution in [0.25, 0.3) is 0 Å². The van der Waals surface area contributed by atoms with Crippen molar-refractivity contribution in [2.75, 3.05) is 26.7 Å². The minimum absolute atomic E-state index is 0.194. The highest BCUT2D eigenvalue weighted by atomic mass is 32.2. The van der Waals surface area contributed by atoms with Crippen molar-refractivity contribution < 1.29 is 8.42 Å². The maximum absolute atomic E-state index is 12.4. The fourth-order valence-electron chi connectivity index (χ4n) is 2.98. The SMILES string of the molecule is CN1CCC(CN)(NS(=O)(=O)C2CCCC2)CC1. The predicted octanol–water partition coefficient (Wildman–Crippen LogP) is 0.272. The summed E-state index contributed by atoms with van der Waals surface area (Å²) in [5.74, 6) is 0. The molecule has 0 radical (unpaired) electrons. The van der Waals surface area contributed by atoms with Crippen molar-refractivity contribution in [2.24, 2.45) is 5.73 Å². The second-order valence-corrected chi connectivity index (χ2v) is 7.80. The summed E-state index contributed by atoms with van der Waals surface area (Å²) in [6.45, 7) is 2.21. The molecule has 2 aliphatic rings. The Balaban J connectivity index is 2.05. The molecule has 106 valence electrons. The van der Waals surface area contributed by atoms with Crippen molar-refractivity contribution in [3.8, 4) is 0 Å². The van der Waals surface area contributed by atoms with Gasteiger partial charge in [-0.25, -0.2) is 13.1 Å². The van der Waals surface area contributed by atoms with E-state index in [1.54, 1.807) is 0 Å². The Labute approximate surface area is 110 Å². The molecule has 1 saturated carbocycles. The first-order valence-electron chi connectivity index (χ1n) is 6.89. The van der Waals surface area contributed by atoms with E-state index in [1.807, 2.05) is 0 Å². The molecular weight excluding hydrogens is 250 g/mol. The molecule has 1 aliphatic carbocycles. The first-order valence-corrected chi connectivity index (χ1v) is 8.43. The molecule has 1 heterocycles. The number of hydrogen-bond acceptors (Lipinski definition) is 4. The monoisotopic (exact) mass is 275 g/mol. The molecule has 0 aromatic heterocycles. The van der Waals surface area contributed by atoms with Crippen LogP contribution in [0.5, 0.6) is 0 Å². The van der Waals surface area contributed by atoms with Crippen molar-refractivity contribution in [3.63, 3.8) is 0 Å². The molecule has 0 amide bonds. The molecule has 2 rings (SSSR count). The number of piperidine rings is 1. The Kier molecular flexibility index (Phi) is 4.31. The number of nitrogens with zero attached hydrogens (tertiary/aromatic N) is 1. The molecule has 5 nitrogen and oxygen atoms in total. The van der Waals surface area contributed by atoms with Gasteiger partial charge in [0.1, 0.15) is 0 Å². The van der Waals surface area contributed by atoms with E-state index in [0.29, 0.717) is 6.54 Å². The zero-order chi connectivity index (χ0) is 13.2. The van der Waals surface area contributed by atoms with Crippen LogP contribution in [0.1, 0.15) is 38.5 Å². The standard InChI is InChI=1S/C12H25N3O2S/c1-15-8-6-12(10-13,7-9-15)14-18(16,17)11-4-2-3-5-11/h11,14H,2-10,13H2,1H3. The lowest BCUT2D eigenvalue weighted by molar-refractivity contribution is 0.181. The smallest absolute Gasteiger partial charge is 0.215 e. The third-order valence-corrected chi connectivity index (χ3v) is 6.50. The second-order valence-electron chi connectivity index (χ2n) is 5.84. The van der Waals surface area contributed by atoms with Crippen molar-refractivity contribution >= 4 is 10.0 Å². The quantitative estimate of drug-likeness (QED) is 0.772. The average molecular weight is 275 g/mol. The lowest BCUT2D eigenvalue weighted by atomic mass is 9.89. The summed E-state index contributed by atoms with van der Waals surface area (Å²) < 4.78 is 27.7. The fraction of sp³-hybridized carbons (Fsp3) is 1.00. The average Bonchev–Trinajstić information content (AvgIpc) is 2.87. The maximum Gasteiger partial charge on any atom is 0.215 e. The van der Waals surface area contributed by atoms with Crippen LogP contribution in [0.2, 0.25) is 0 Å². The third-order valence-electron chi connectivity index (χ3n) is 4.43. The van der Waals surface area contributed by atoms with Gasteiger partial charge in [0.15, 0.2) is 0 Å². The maximum atomic E-state index is 12.4. The summed E-state index contributed by atoms with van der Waals surface area (Å²) in [6, 6.07) is 0. The number of nitrogens with two attached hydrogens (primary N) is 1. The Hall–Kier alpha value is -0.170. The van der Waals surface area contributed by atoms with Crippen molar-refractivity contribution in [1.82, 2.24) is 9.62 Å². The molecule has 6 heteroatoms. The van der Waals surface area contributed by atoms with Crippen molar-refractivity contribution in [2.45, 2.75) is 49.3 Å². The fourth-order valence-corrected chi connectivity index (χ4v) is 4.99. The molecule has 0 atom stereocenters. The van der Waals surface area contributed by atoms with Crippen LogP contribution in [0.15, 0.2) is 0 Å². The minimum atomic E-state index is -3.20. The third kappa shape index (κ3) is 3.04. The summed E-state index contributed by atoms with van der Waals surface area (Å²) in [6.07, 6.45) is 5.29. The van der Waals surface area contributed by atoms with Crippen LogP contribution in [0.4, 0.5) is 0 Å². The molecule has 1 saturated heterocycles. The number of nitrogens with one attached hydrogen (secondary N) is 1. The Morgan fingerprint density at radius 3 is 2.33 bits per heavy atom. The molecule has 3 N–H and O–H groups in total. The van der Waals surface area contributed by atoms with E-state index in [9.17, 15) is 8.42 Å². The van der Waals surface area contributed by atoms with Gasteiger partial charge in [0.25, 0.3) is 0 Å². The van der Waals surface area contributed by atoms with Crippen LogP contribution in [0, 0.1) is 0 Å². The molecule has 0 spiro atoms. The van der Waals surface area contributed by atoms with E-state index in [0.717, 1.165) is 51.6 Å². The van der Waals surface area contributed by atoms with Crippen molar-refractivity contribution in [3.05, 3.63) is 0 Å². The molecular formula is C12H25N3O2S. The van der Waals surface area contributed by atoms with Gasteiger partial charge >= 0.3 is 0 Å². The lowest BCUT2D eigenvalue weighted by Crippen LogP contribution is -2.60. The van der Waals surface area contributed by atoms with Gasteiger partial charge in [0.2, 0.25) is 10.0 Å². The van der Waals surface area contributed by atoms with Gasteiger partial charge in [-0.15, -0.1) is 0 Å². The van der Waals surface area contributed by atoms with E-state index in [4.69, 9.17) is 5.73 Å². The van der Waals surface area contributed by atoms with Crippen LogP contribution >= 0.6 is 0 Å². The number of rotatable bonds is 4. The van der Waals surface area contributed by atoms with Gasteiger partial charge in [0, 0.05) is 12.1 Å². The van der Waals surface area contributed by atoms with E-state index >= 15 is 0 Å². The molecule has 18 heavy (non-hydrogen) atoms. The number of likely N-dealkylation sites (tertiary alicyclic amines) is 1. The Morgan fingerprint density at radius 2 is 1.83 bits per heavy atom. The summed E-state index contributed by atoms with van der Waals surface area (Å²) in [5.41, 5.74) is 5.44. The second kappa shape index (κ2) is 5.45. The van der Waals surface area contributed by atoms with Crippen LogP contribution in [-0.2, 0) is 10.0 Å². The first-order chi connectivity index (χ1) is 8.47. The Morgan fingerprint density at radius 1 is 1.28 bits per heavy atom. The summed E-state index contributed by atoms with van der Waals surface area (Å²) >= 11 is 0. The zero-order valence-corrected chi connectivity index (χ0v) is 12.0. The lowest BCUT2D eigenvalue weighted by Gasteiger charge is -2.40. The van der Waals surface area contributed by atoms with E-state index in [-0.39, 0.29) is 5.25 Å². The predicted molar refractivity (Wildman–Crippen MR) is 72.8 cm³/mol. The van der Waals surface area contributed by atoms with Gasteiger partial charge in [-0.3, -0.25) is 0 Å². The largest absolute Gasteiger partial charge is 0.329 e. The number of hydrogen-bond donors (Lipinski definition) is 2. The summed E-state index contributed by atoms with van der Waals surface area (Å²) in [5, 5.41) is -0.194. The van der Waals surface area contributed by atoms with E-state index in [1.165, 1.54) is 0 Å². The van der Waals surface area contributed by atoms with Gasteiger partial charge in [-0.2, -0.15) is 0 Å². The van der Waals surface area contributed by atoms with Crippen LogP contribution in [-0.4, -0.2) is 50.8 Å². The highest BCUT2D eigenvalue weighted by Gasteiger charge is 2.39. The zero-order valence-electron chi connectivity index (χ0n) is 11.2. The molecule has 0 aromatic carbocycles.